The molecule has 0 amide bonds. The van der Waals surface area contributed by atoms with E-state index in [-0.39, 0.29) is 11.7 Å². The smallest absolute Gasteiger partial charge is 0.335 e. The summed E-state index contributed by atoms with van der Waals surface area (Å²) in [6.45, 7) is 4.00. The number of ether oxygens (including phenoxy) is 1. The second kappa shape index (κ2) is 9.79. The number of carboxylic acids is 1. The lowest BCUT2D eigenvalue weighted by atomic mass is 10.0. The van der Waals surface area contributed by atoms with Gasteiger partial charge in [-0.3, -0.25) is 4.98 Å². The Morgan fingerprint density at radius 1 is 0.917 bits per heavy atom. The van der Waals surface area contributed by atoms with Gasteiger partial charge in [-0.1, -0.05) is 42.5 Å². The van der Waals surface area contributed by atoms with E-state index in [1.165, 1.54) is 6.07 Å². The summed E-state index contributed by atoms with van der Waals surface area (Å²) in [5.41, 5.74) is 4.19. The van der Waals surface area contributed by atoms with Gasteiger partial charge in [0.1, 0.15) is 11.4 Å². The SMILES string of the molecule is CC(C)Oc1ccc(-c2ccc(-c3nc(-c4cnccn4)n(-c4cccc(C(=O)O)c4)n3)cc2)cc1. The molecule has 0 fully saturated rings. The largest absolute Gasteiger partial charge is 0.491 e. The summed E-state index contributed by atoms with van der Waals surface area (Å²) in [5.74, 6) is 0.773. The van der Waals surface area contributed by atoms with Crippen molar-refractivity contribution < 1.29 is 14.6 Å². The molecule has 1 N–H and O–H groups in total. The Hall–Kier alpha value is -4.85. The maximum atomic E-state index is 11.5. The number of carboxylic acid groups (broad SMARTS) is 1. The number of hydrogen-bond acceptors (Lipinski definition) is 6. The van der Waals surface area contributed by atoms with Crippen LogP contribution in [0.1, 0.15) is 24.2 Å². The van der Waals surface area contributed by atoms with Gasteiger partial charge in [-0.05, 0) is 55.3 Å². The fourth-order valence-corrected chi connectivity index (χ4v) is 3.78. The Labute approximate surface area is 207 Å². The molecule has 178 valence electrons. The van der Waals surface area contributed by atoms with Crippen molar-refractivity contribution in [2.24, 2.45) is 0 Å². The van der Waals surface area contributed by atoms with Gasteiger partial charge in [0.05, 0.1) is 23.6 Å². The highest BCUT2D eigenvalue weighted by atomic mass is 16.5. The first-order valence-corrected chi connectivity index (χ1v) is 11.4. The van der Waals surface area contributed by atoms with Crippen molar-refractivity contribution >= 4 is 5.97 Å². The second-order valence-corrected chi connectivity index (χ2v) is 8.39. The van der Waals surface area contributed by atoms with Crippen LogP contribution in [0.4, 0.5) is 0 Å². The zero-order chi connectivity index (χ0) is 25.1. The molecule has 0 spiro atoms. The molecule has 0 unspecified atom stereocenters. The van der Waals surface area contributed by atoms with Gasteiger partial charge in [0.25, 0.3) is 0 Å². The topological polar surface area (TPSA) is 103 Å². The van der Waals surface area contributed by atoms with Crippen molar-refractivity contribution in [1.82, 2.24) is 24.7 Å². The average molecular weight is 478 g/mol. The molecule has 2 heterocycles. The minimum atomic E-state index is -1.02. The summed E-state index contributed by atoms with van der Waals surface area (Å²) in [6.07, 6.45) is 4.88. The fraction of sp³-hybridized carbons (Fsp3) is 0.107. The van der Waals surface area contributed by atoms with Crippen LogP contribution in [0.3, 0.4) is 0 Å². The predicted octanol–water partition coefficient (Wildman–Crippen LogP) is 5.54. The molecule has 2 aromatic heterocycles. The first-order valence-electron chi connectivity index (χ1n) is 11.4. The van der Waals surface area contributed by atoms with E-state index in [2.05, 4.69) is 9.97 Å². The van der Waals surface area contributed by atoms with Gasteiger partial charge in [0.2, 0.25) is 0 Å². The molecule has 5 aromatic rings. The first-order chi connectivity index (χ1) is 17.5. The third-order valence-corrected chi connectivity index (χ3v) is 5.44. The molecular formula is C28H23N5O3. The molecule has 36 heavy (non-hydrogen) atoms. The van der Waals surface area contributed by atoms with Gasteiger partial charge in [0.15, 0.2) is 11.6 Å². The molecule has 0 radical (unpaired) electrons. The van der Waals surface area contributed by atoms with Gasteiger partial charge in [-0.2, -0.15) is 0 Å². The molecular weight excluding hydrogens is 454 g/mol. The maximum absolute atomic E-state index is 11.5. The Bertz CT molecular complexity index is 1500. The van der Waals surface area contributed by atoms with Crippen LogP contribution < -0.4 is 4.74 Å². The van der Waals surface area contributed by atoms with Crippen LogP contribution in [0.2, 0.25) is 0 Å². The summed E-state index contributed by atoms with van der Waals surface area (Å²) < 4.78 is 7.32. The number of benzene rings is 3. The van der Waals surface area contributed by atoms with Gasteiger partial charge in [-0.25, -0.2) is 19.4 Å². The Morgan fingerprint density at radius 3 is 2.25 bits per heavy atom. The monoisotopic (exact) mass is 477 g/mol. The number of aromatic carboxylic acids is 1. The first kappa shape index (κ1) is 22.9. The molecule has 5 rings (SSSR count). The van der Waals surface area contributed by atoms with E-state index in [4.69, 9.17) is 14.8 Å². The number of carbonyl (C=O) groups is 1. The van der Waals surface area contributed by atoms with Crippen molar-refractivity contribution in [2.75, 3.05) is 0 Å². The lowest BCUT2D eigenvalue weighted by molar-refractivity contribution is 0.0697. The molecule has 0 aliphatic carbocycles. The lowest BCUT2D eigenvalue weighted by Gasteiger charge is -2.10. The van der Waals surface area contributed by atoms with E-state index in [0.29, 0.717) is 23.0 Å². The van der Waals surface area contributed by atoms with Crippen LogP contribution in [-0.4, -0.2) is 41.9 Å². The highest BCUT2D eigenvalue weighted by Gasteiger charge is 2.17. The average Bonchev–Trinajstić information content (AvgIpc) is 3.35. The van der Waals surface area contributed by atoms with Crippen LogP contribution >= 0.6 is 0 Å². The summed E-state index contributed by atoms with van der Waals surface area (Å²) >= 11 is 0. The van der Waals surface area contributed by atoms with E-state index >= 15 is 0 Å². The Balaban J connectivity index is 1.51. The zero-order valence-electron chi connectivity index (χ0n) is 19.7. The quantitative estimate of drug-likeness (QED) is 0.328. The van der Waals surface area contributed by atoms with Crippen molar-refractivity contribution in [1.29, 1.82) is 0 Å². The molecule has 0 saturated carbocycles. The number of nitrogens with zero attached hydrogens (tertiary/aromatic N) is 5. The minimum absolute atomic E-state index is 0.126. The highest BCUT2D eigenvalue weighted by molar-refractivity contribution is 5.88. The second-order valence-electron chi connectivity index (χ2n) is 8.39. The number of rotatable bonds is 7. The molecule has 0 atom stereocenters. The van der Waals surface area contributed by atoms with Gasteiger partial charge in [0, 0.05) is 18.0 Å². The van der Waals surface area contributed by atoms with Crippen LogP contribution in [0.25, 0.3) is 39.7 Å². The van der Waals surface area contributed by atoms with Crippen LogP contribution in [-0.2, 0) is 0 Å². The van der Waals surface area contributed by atoms with E-state index < -0.39 is 5.97 Å². The lowest BCUT2D eigenvalue weighted by Crippen LogP contribution is -2.05. The zero-order valence-corrected chi connectivity index (χ0v) is 19.7. The van der Waals surface area contributed by atoms with Gasteiger partial charge in [-0.15, -0.1) is 5.10 Å². The van der Waals surface area contributed by atoms with E-state index in [1.807, 2.05) is 62.4 Å². The van der Waals surface area contributed by atoms with E-state index in [9.17, 15) is 9.90 Å². The Kier molecular flexibility index (Phi) is 6.23. The van der Waals surface area contributed by atoms with Crippen LogP contribution in [0, 0.1) is 0 Å². The number of aromatic nitrogens is 5. The van der Waals surface area contributed by atoms with Crippen molar-refractivity contribution in [3.63, 3.8) is 0 Å². The fourth-order valence-electron chi connectivity index (χ4n) is 3.78. The molecule has 8 heteroatoms. The van der Waals surface area contributed by atoms with Crippen molar-refractivity contribution in [2.45, 2.75) is 20.0 Å². The molecule has 0 saturated heterocycles. The summed E-state index contributed by atoms with van der Waals surface area (Å²) in [4.78, 5) is 24.7. The summed E-state index contributed by atoms with van der Waals surface area (Å²) in [5, 5.41) is 14.1. The summed E-state index contributed by atoms with van der Waals surface area (Å²) in [6, 6.07) is 22.5. The standard InChI is InChI=1S/C28H23N5O3/c1-18(2)36-24-12-10-20(11-13-24)19-6-8-21(9-7-19)26-31-27(25-17-29-14-15-30-25)33(32-26)23-5-3-4-22(16-23)28(34)35/h3-18H,1-2H3,(H,34,35). The van der Waals surface area contributed by atoms with Crippen LogP contribution in [0.15, 0.2) is 91.4 Å². The highest BCUT2D eigenvalue weighted by Crippen LogP contribution is 2.28. The molecule has 3 aromatic carbocycles. The minimum Gasteiger partial charge on any atom is -0.491 e. The number of hydrogen-bond donors (Lipinski definition) is 1. The Morgan fingerprint density at radius 2 is 1.61 bits per heavy atom. The molecule has 0 bridgehead atoms. The van der Waals surface area contributed by atoms with Crippen molar-refractivity contribution in [3.05, 3.63) is 97.0 Å². The normalized spacial score (nSPS) is 11.0. The van der Waals surface area contributed by atoms with Gasteiger partial charge >= 0.3 is 5.97 Å². The predicted molar refractivity (Wildman–Crippen MR) is 136 cm³/mol. The molecule has 0 aliphatic heterocycles. The van der Waals surface area contributed by atoms with E-state index in [0.717, 1.165) is 22.4 Å². The third kappa shape index (κ3) is 4.83. The van der Waals surface area contributed by atoms with Crippen molar-refractivity contribution in [3.8, 4) is 45.5 Å². The molecule has 8 nitrogen and oxygen atoms in total. The van der Waals surface area contributed by atoms with E-state index in [1.54, 1.807) is 41.5 Å². The molecule has 0 aliphatic rings. The summed E-state index contributed by atoms with van der Waals surface area (Å²) in [7, 11) is 0. The third-order valence-electron chi connectivity index (χ3n) is 5.44. The maximum Gasteiger partial charge on any atom is 0.335 e. The van der Waals surface area contributed by atoms with Crippen LogP contribution in [0.5, 0.6) is 5.75 Å². The van der Waals surface area contributed by atoms with Gasteiger partial charge < -0.3 is 9.84 Å².